The summed E-state index contributed by atoms with van der Waals surface area (Å²) in [6.45, 7) is 1.95. The van der Waals surface area contributed by atoms with E-state index in [9.17, 15) is 0 Å². The van der Waals surface area contributed by atoms with E-state index in [0.29, 0.717) is 22.9 Å². The minimum atomic E-state index is 0.362. The third-order valence-corrected chi connectivity index (χ3v) is 2.25. The average molecular weight is 225 g/mol. The number of aryl methyl sites for hydroxylation is 1. The van der Waals surface area contributed by atoms with Crippen LogP contribution in [0.5, 0.6) is 11.6 Å². The summed E-state index contributed by atoms with van der Waals surface area (Å²) in [5.74, 6) is 0.911. The molecule has 0 aliphatic rings. The fourth-order valence-corrected chi connectivity index (χ4v) is 1.38. The van der Waals surface area contributed by atoms with E-state index in [1.807, 2.05) is 25.1 Å². The van der Waals surface area contributed by atoms with Crippen molar-refractivity contribution in [1.82, 2.24) is 4.98 Å². The van der Waals surface area contributed by atoms with E-state index in [1.165, 1.54) is 6.20 Å². The van der Waals surface area contributed by atoms with E-state index in [2.05, 4.69) is 4.98 Å². The molecule has 0 saturated carbocycles. The smallest absolute Gasteiger partial charge is 0.220 e. The number of nitrogens with two attached hydrogens (primary N) is 1. The van der Waals surface area contributed by atoms with Crippen LogP contribution in [0.4, 0.5) is 5.69 Å². The molecular formula is C13H11N3O. The number of hydrogen-bond donors (Lipinski definition) is 1. The van der Waals surface area contributed by atoms with Crippen LogP contribution in [0.3, 0.4) is 0 Å². The molecule has 0 atom stereocenters. The first-order valence-electron chi connectivity index (χ1n) is 5.09. The van der Waals surface area contributed by atoms with Gasteiger partial charge in [-0.2, -0.15) is 5.26 Å². The van der Waals surface area contributed by atoms with Gasteiger partial charge in [-0.25, -0.2) is 4.98 Å². The maximum atomic E-state index is 8.77. The zero-order valence-corrected chi connectivity index (χ0v) is 9.34. The van der Waals surface area contributed by atoms with E-state index in [1.54, 1.807) is 18.2 Å². The Labute approximate surface area is 99.3 Å². The predicted molar refractivity (Wildman–Crippen MR) is 64.6 cm³/mol. The van der Waals surface area contributed by atoms with Crippen molar-refractivity contribution in [2.75, 3.05) is 5.73 Å². The minimum absolute atomic E-state index is 0.362. The molecule has 2 rings (SSSR count). The van der Waals surface area contributed by atoms with Crippen LogP contribution in [-0.4, -0.2) is 4.98 Å². The summed E-state index contributed by atoms with van der Waals surface area (Å²) in [7, 11) is 0. The zero-order valence-electron chi connectivity index (χ0n) is 9.34. The van der Waals surface area contributed by atoms with Crippen LogP contribution in [0.15, 0.2) is 36.5 Å². The molecule has 0 fully saturated rings. The lowest BCUT2D eigenvalue weighted by molar-refractivity contribution is 0.464. The van der Waals surface area contributed by atoms with Gasteiger partial charge in [-0.3, -0.25) is 0 Å². The first-order valence-corrected chi connectivity index (χ1v) is 5.09. The number of nitrogen functional groups attached to an aromatic ring is 1. The quantitative estimate of drug-likeness (QED) is 0.797. The van der Waals surface area contributed by atoms with Crippen molar-refractivity contribution in [3.63, 3.8) is 0 Å². The summed E-state index contributed by atoms with van der Waals surface area (Å²) < 4.78 is 5.55. The lowest BCUT2D eigenvalue weighted by Crippen LogP contribution is -1.94. The molecule has 1 heterocycles. The number of nitriles is 1. The van der Waals surface area contributed by atoms with Crippen molar-refractivity contribution in [3.8, 4) is 17.7 Å². The standard InChI is InChI=1S/C13H11N3O/c1-9-2-3-11(15)12(6-9)17-13-7-10(8-14)4-5-16-13/h2-7H,15H2,1H3. The molecular weight excluding hydrogens is 214 g/mol. The minimum Gasteiger partial charge on any atom is -0.437 e. The molecule has 0 saturated heterocycles. The van der Waals surface area contributed by atoms with Crippen LogP contribution < -0.4 is 10.5 Å². The highest BCUT2D eigenvalue weighted by molar-refractivity contribution is 5.55. The van der Waals surface area contributed by atoms with E-state index in [4.69, 9.17) is 15.7 Å². The number of pyridine rings is 1. The van der Waals surface area contributed by atoms with Crippen molar-refractivity contribution in [3.05, 3.63) is 47.7 Å². The van der Waals surface area contributed by atoms with Gasteiger partial charge in [0.1, 0.15) is 0 Å². The number of anilines is 1. The van der Waals surface area contributed by atoms with Crippen molar-refractivity contribution in [2.24, 2.45) is 0 Å². The Morgan fingerprint density at radius 3 is 2.88 bits per heavy atom. The molecule has 0 aliphatic carbocycles. The Kier molecular flexibility index (Phi) is 2.93. The molecule has 1 aromatic heterocycles. The van der Waals surface area contributed by atoms with Crippen molar-refractivity contribution in [1.29, 1.82) is 5.26 Å². The lowest BCUT2D eigenvalue weighted by Gasteiger charge is -2.08. The van der Waals surface area contributed by atoms with Crippen LogP contribution in [0, 0.1) is 18.3 Å². The Morgan fingerprint density at radius 1 is 1.29 bits per heavy atom. The van der Waals surface area contributed by atoms with Gasteiger partial charge >= 0.3 is 0 Å². The molecule has 84 valence electrons. The number of nitrogens with zero attached hydrogens (tertiary/aromatic N) is 2. The third-order valence-electron chi connectivity index (χ3n) is 2.25. The van der Waals surface area contributed by atoms with Gasteiger partial charge in [-0.05, 0) is 30.7 Å². The number of hydrogen-bond acceptors (Lipinski definition) is 4. The molecule has 0 amide bonds. The van der Waals surface area contributed by atoms with E-state index in [0.717, 1.165) is 5.56 Å². The van der Waals surface area contributed by atoms with Gasteiger partial charge in [-0.1, -0.05) is 6.07 Å². The van der Waals surface area contributed by atoms with Crippen LogP contribution >= 0.6 is 0 Å². The van der Waals surface area contributed by atoms with Crippen LogP contribution in [0.2, 0.25) is 0 Å². The maximum absolute atomic E-state index is 8.77. The number of rotatable bonds is 2. The molecule has 0 radical (unpaired) electrons. The first-order chi connectivity index (χ1) is 8.19. The highest BCUT2D eigenvalue weighted by Gasteiger charge is 2.04. The number of aromatic nitrogens is 1. The normalized spacial score (nSPS) is 9.65. The van der Waals surface area contributed by atoms with E-state index >= 15 is 0 Å². The molecule has 4 heteroatoms. The highest BCUT2D eigenvalue weighted by Crippen LogP contribution is 2.27. The molecule has 0 spiro atoms. The first kappa shape index (κ1) is 11.0. The molecule has 1 aromatic carbocycles. The third kappa shape index (κ3) is 2.52. The van der Waals surface area contributed by atoms with Crippen molar-refractivity contribution in [2.45, 2.75) is 6.92 Å². The summed E-state index contributed by atoms with van der Waals surface area (Å²) >= 11 is 0. The molecule has 0 unspecified atom stereocenters. The monoisotopic (exact) mass is 225 g/mol. The van der Waals surface area contributed by atoms with E-state index in [-0.39, 0.29) is 0 Å². The molecule has 2 N–H and O–H groups in total. The summed E-state index contributed by atoms with van der Waals surface area (Å²) in [5, 5.41) is 8.77. The molecule has 17 heavy (non-hydrogen) atoms. The Morgan fingerprint density at radius 2 is 2.12 bits per heavy atom. The lowest BCUT2D eigenvalue weighted by atomic mass is 10.2. The Balaban J connectivity index is 2.31. The Hall–Kier alpha value is -2.54. The van der Waals surface area contributed by atoms with Gasteiger partial charge in [0.2, 0.25) is 5.88 Å². The summed E-state index contributed by atoms with van der Waals surface area (Å²) in [5.41, 5.74) is 7.88. The summed E-state index contributed by atoms with van der Waals surface area (Å²) in [4.78, 5) is 4.02. The summed E-state index contributed by atoms with van der Waals surface area (Å²) in [6, 6.07) is 10.7. The highest BCUT2D eigenvalue weighted by atomic mass is 16.5. The number of ether oxygens (including phenoxy) is 1. The Bertz CT molecular complexity index is 587. The fourth-order valence-electron chi connectivity index (χ4n) is 1.38. The van der Waals surface area contributed by atoms with Crippen LogP contribution in [0.1, 0.15) is 11.1 Å². The molecule has 0 bridgehead atoms. The second-order valence-corrected chi connectivity index (χ2v) is 3.64. The fraction of sp³-hybridized carbons (Fsp3) is 0.0769. The van der Waals surface area contributed by atoms with Gasteiger partial charge in [0.25, 0.3) is 0 Å². The molecule has 0 aliphatic heterocycles. The van der Waals surface area contributed by atoms with Gasteiger partial charge in [-0.15, -0.1) is 0 Å². The van der Waals surface area contributed by atoms with E-state index < -0.39 is 0 Å². The van der Waals surface area contributed by atoms with Gasteiger partial charge in [0, 0.05) is 12.3 Å². The predicted octanol–water partition coefficient (Wildman–Crippen LogP) is 2.64. The zero-order chi connectivity index (χ0) is 12.3. The molecule has 2 aromatic rings. The van der Waals surface area contributed by atoms with Crippen LogP contribution in [0.25, 0.3) is 0 Å². The van der Waals surface area contributed by atoms with Crippen LogP contribution in [-0.2, 0) is 0 Å². The number of benzene rings is 1. The summed E-state index contributed by atoms with van der Waals surface area (Å²) in [6.07, 6.45) is 1.53. The van der Waals surface area contributed by atoms with Crippen molar-refractivity contribution >= 4 is 5.69 Å². The average Bonchev–Trinajstić information content (AvgIpc) is 2.34. The second-order valence-electron chi connectivity index (χ2n) is 3.64. The van der Waals surface area contributed by atoms with Gasteiger partial charge in [0.15, 0.2) is 5.75 Å². The van der Waals surface area contributed by atoms with Gasteiger partial charge < -0.3 is 10.5 Å². The SMILES string of the molecule is Cc1ccc(N)c(Oc2cc(C#N)ccn2)c1. The largest absolute Gasteiger partial charge is 0.437 e. The van der Waals surface area contributed by atoms with Gasteiger partial charge in [0.05, 0.1) is 17.3 Å². The second kappa shape index (κ2) is 4.54. The maximum Gasteiger partial charge on any atom is 0.220 e. The molecule has 4 nitrogen and oxygen atoms in total. The van der Waals surface area contributed by atoms with Crippen molar-refractivity contribution < 1.29 is 4.74 Å². The topological polar surface area (TPSA) is 71.9 Å².